The molecule has 4 saturated carbocycles. The zero-order chi connectivity index (χ0) is 27.4. The Morgan fingerprint density at radius 2 is 1.49 bits per heavy atom. The summed E-state index contributed by atoms with van der Waals surface area (Å²) in [6, 6.07) is 0. The van der Waals surface area contributed by atoms with Crippen molar-refractivity contribution in [2.75, 3.05) is 7.11 Å². The van der Waals surface area contributed by atoms with E-state index >= 15 is 0 Å². The topological polar surface area (TPSA) is 119 Å². The third-order valence-electron chi connectivity index (χ3n) is 11.4. The molecule has 0 aliphatic heterocycles. The Labute approximate surface area is 220 Å². The van der Waals surface area contributed by atoms with E-state index in [1.165, 1.54) is 21.0 Å². The number of hydrogen-bond acceptors (Lipinski definition) is 8. The van der Waals surface area contributed by atoms with Gasteiger partial charge in [-0.2, -0.15) is 0 Å². The molecule has 0 amide bonds. The molecule has 0 aromatic heterocycles. The second-order valence-corrected chi connectivity index (χ2v) is 13.0. The standard InChI is InChI=1S/C29H46O8/c1-17(7-8-24(32)35-6)29(34)14-11-22-25-21(10-13-27(22,29)5)26(4)12-9-20(36-18(2)30)15-28(26,33)16-23(25)37-19(3)31/h17,20-23,25,33-34H,7-16H2,1-6H3/t17-,20-,21+,22+,23+,25-,26-,27+,28-,29+/m1/s1. The molecular weight excluding hydrogens is 476 g/mol. The van der Waals surface area contributed by atoms with Crippen LogP contribution in [0.2, 0.25) is 0 Å². The minimum absolute atomic E-state index is 0.0278. The molecule has 4 aliphatic rings. The summed E-state index contributed by atoms with van der Waals surface area (Å²) in [4.78, 5) is 35.7. The van der Waals surface area contributed by atoms with E-state index in [0.29, 0.717) is 32.1 Å². The SMILES string of the molecule is COC(=O)CC[C@@H](C)[C@@]1(O)CC[C@H]2[C@@H]3[C@@H](OC(C)=O)C[C@]4(O)C[C@H](OC(C)=O)CC[C@]4(C)[C@H]3CC[C@@]21C. The molecule has 210 valence electrons. The van der Waals surface area contributed by atoms with Crippen molar-refractivity contribution in [3.05, 3.63) is 0 Å². The van der Waals surface area contributed by atoms with Crippen molar-refractivity contribution < 1.29 is 38.8 Å². The molecule has 4 fully saturated rings. The minimum atomic E-state index is -1.11. The van der Waals surface area contributed by atoms with Gasteiger partial charge in [0, 0.05) is 39.0 Å². The van der Waals surface area contributed by atoms with Crippen LogP contribution < -0.4 is 0 Å². The molecule has 37 heavy (non-hydrogen) atoms. The Morgan fingerprint density at radius 3 is 2.11 bits per heavy atom. The van der Waals surface area contributed by atoms with Crippen LogP contribution >= 0.6 is 0 Å². The van der Waals surface area contributed by atoms with Crippen LogP contribution in [0.3, 0.4) is 0 Å². The van der Waals surface area contributed by atoms with E-state index in [4.69, 9.17) is 14.2 Å². The molecule has 0 aromatic rings. The van der Waals surface area contributed by atoms with Gasteiger partial charge in [0.25, 0.3) is 0 Å². The van der Waals surface area contributed by atoms with Gasteiger partial charge in [0.15, 0.2) is 0 Å². The Bertz CT molecular complexity index is 920. The Kier molecular flexibility index (Phi) is 7.52. The average Bonchev–Trinajstić information content (AvgIpc) is 3.09. The maximum absolute atomic E-state index is 12.3. The molecule has 4 rings (SSSR count). The van der Waals surface area contributed by atoms with Crippen molar-refractivity contribution in [2.45, 2.75) is 122 Å². The summed E-state index contributed by atoms with van der Waals surface area (Å²) in [7, 11) is 1.38. The number of aliphatic hydroxyl groups is 2. The van der Waals surface area contributed by atoms with Crippen molar-refractivity contribution in [1.29, 1.82) is 0 Å². The molecule has 0 aromatic carbocycles. The molecule has 0 radical (unpaired) electrons. The molecular formula is C29H46O8. The predicted molar refractivity (Wildman–Crippen MR) is 135 cm³/mol. The second kappa shape index (κ2) is 9.82. The number of ether oxygens (including phenoxy) is 3. The van der Waals surface area contributed by atoms with Crippen LogP contribution in [0, 0.1) is 34.5 Å². The lowest BCUT2D eigenvalue weighted by molar-refractivity contribution is -0.262. The van der Waals surface area contributed by atoms with Crippen molar-refractivity contribution in [3.8, 4) is 0 Å². The fourth-order valence-corrected chi connectivity index (χ4v) is 9.38. The normalized spacial score (nSPS) is 45.6. The van der Waals surface area contributed by atoms with Crippen LogP contribution in [-0.4, -0.2) is 58.6 Å². The lowest BCUT2D eigenvalue weighted by atomic mass is 9.42. The number of esters is 3. The summed E-state index contributed by atoms with van der Waals surface area (Å²) in [5.41, 5.74) is -2.82. The van der Waals surface area contributed by atoms with Gasteiger partial charge in [-0.25, -0.2) is 0 Å². The summed E-state index contributed by atoms with van der Waals surface area (Å²) in [5, 5.41) is 24.3. The second-order valence-electron chi connectivity index (χ2n) is 13.0. The number of methoxy groups -OCH3 is 1. The quantitative estimate of drug-likeness (QED) is 0.398. The van der Waals surface area contributed by atoms with E-state index in [9.17, 15) is 24.6 Å². The maximum atomic E-state index is 12.3. The van der Waals surface area contributed by atoms with Gasteiger partial charge in [-0.05, 0) is 73.5 Å². The summed E-state index contributed by atoms with van der Waals surface area (Å²) in [5.74, 6) is -0.774. The van der Waals surface area contributed by atoms with Gasteiger partial charge in [0.2, 0.25) is 0 Å². The summed E-state index contributed by atoms with van der Waals surface area (Å²) >= 11 is 0. The first-order valence-electron chi connectivity index (χ1n) is 14.1. The van der Waals surface area contributed by atoms with Gasteiger partial charge >= 0.3 is 17.9 Å². The van der Waals surface area contributed by atoms with Crippen LogP contribution in [0.25, 0.3) is 0 Å². The molecule has 0 spiro atoms. The molecule has 8 nitrogen and oxygen atoms in total. The number of carbonyl (C=O) groups excluding carboxylic acids is 3. The van der Waals surface area contributed by atoms with Crippen LogP contribution in [0.1, 0.15) is 98.8 Å². The van der Waals surface area contributed by atoms with Gasteiger partial charge in [0.1, 0.15) is 12.2 Å². The van der Waals surface area contributed by atoms with Crippen molar-refractivity contribution in [2.24, 2.45) is 34.5 Å². The van der Waals surface area contributed by atoms with Crippen LogP contribution in [-0.2, 0) is 28.6 Å². The summed E-state index contributed by atoms with van der Waals surface area (Å²) < 4.78 is 16.3. The van der Waals surface area contributed by atoms with Crippen LogP contribution in [0.15, 0.2) is 0 Å². The lowest BCUT2D eigenvalue weighted by Gasteiger charge is -2.66. The van der Waals surface area contributed by atoms with Gasteiger partial charge in [-0.1, -0.05) is 20.8 Å². The molecule has 0 bridgehead atoms. The van der Waals surface area contributed by atoms with E-state index in [1.54, 1.807) is 0 Å². The van der Waals surface area contributed by atoms with Crippen LogP contribution in [0.5, 0.6) is 0 Å². The largest absolute Gasteiger partial charge is 0.469 e. The summed E-state index contributed by atoms with van der Waals surface area (Å²) in [6.45, 7) is 9.19. The molecule has 0 saturated heterocycles. The lowest BCUT2D eigenvalue weighted by Crippen LogP contribution is -2.68. The number of carbonyl (C=O) groups is 3. The van der Waals surface area contributed by atoms with Gasteiger partial charge in [-0.15, -0.1) is 0 Å². The monoisotopic (exact) mass is 522 g/mol. The highest BCUT2D eigenvalue weighted by atomic mass is 16.5. The first kappa shape index (κ1) is 28.3. The highest BCUT2D eigenvalue weighted by molar-refractivity contribution is 5.69. The zero-order valence-electron chi connectivity index (χ0n) is 23.4. The predicted octanol–water partition coefficient (Wildman–Crippen LogP) is 3.94. The van der Waals surface area contributed by atoms with Gasteiger partial charge in [-0.3, -0.25) is 14.4 Å². The van der Waals surface area contributed by atoms with E-state index < -0.39 is 22.7 Å². The molecule has 8 heteroatoms. The molecule has 4 aliphatic carbocycles. The van der Waals surface area contributed by atoms with E-state index in [-0.39, 0.29) is 59.5 Å². The first-order valence-corrected chi connectivity index (χ1v) is 14.1. The third kappa shape index (κ3) is 4.50. The van der Waals surface area contributed by atoms with Gasteiger partial charge < -0.3 is 24.4 Å². The molecule has 10 atom stereocenters. The van der Waals surface area contributed by atoms with Crippen LogP contribution in [0.4, 0.5) is 0 Å². The van der Waals surface area contributed by atoms with E-state index in [2.05, 4.69) is 13.8 Å². The molecule has 2 N–H and O–H groups in total. The fourth-order valence-electron chi connectivity index (χ4n) is 9.38. The van der Waals surface area contributed by atoms with Crippen molar-refractivity contribution in [1.82, 2.24) is 0 Å². The first-order chi connectivity index (χ1) is 17.2. The van der Waals surface area contributed by atoms with E-state index in [0.717, 1.165) is 25.7 Å². The van der Waals surface area contributed by atoms with Gasteiger partial charge in [0.05, 0.1) is 18.3 Å². The highest BCUT2D eigenvalue weighted by Crippen LogP contribution is 2.70. The Balaban J connectivity index is 1.65. The van der Waals surface area contributed by atoms with Crippen molar-refractivity contribution in [3.63, 3.8) is 0 Å². The minimum Gasteiger partial charge on any atom is -0.469 e. The number of rotatable bonds is 6. The maximum Gasteiger partial charge on any atom is 0.305 e. The average molecular weight is 523 g/mol. The van der Waals surface area contributed by atoms with Crippen molar-refractivity contribution >= 4 is 17.9 Å². The Hall–Kier alpha value is -1.67. The highest BCUT2D eigenvalue weighted by Gasteiger charge is 2.70. The number of hydrogen-bond donors (Lipinski definition) is 2. The molecule has 0 unspecified atom stereocenters. The molecule has 0 heterocycles. The van der Waals surface area contributed by atoms with E-state index in [1.807, 2.05) is 6.92 Å². The smallest absolute Gasteiger partial charge is 0.305 e. The Morgan fingerprint density at radius 1 is 0.892 bits per heavy atom. The third-order valence-corrected chi connectivity index (χ3v) is 11.4. The summed E-state index contributed by atoms with van der Waals surface area (Å²) in [6.07, 6.45) is 5.21. The fraction of sp³-hybridized carbons (Fsp3) is 0.897. The number of fused-ring (bicyclic) bond motifs is 5. The zero-order valence-corrected chi connectivity index (χ0v) is 23.4.